The molecule has 8 heteroatoms. The number of nitrogens with one attached hydrogen (secondary N) is 2. The van der Waals surface area contributed by atoms with Crippen LogP contribution in [0.25, 0.3) is 0 Å². The molecule has 0 unspecified atom stereocenters. The summed E-state index contributed by atoms with van der Waals surface area (Å²) in [5, 5.41) is 6.65. The van der Waals surface area contributed by atoms with Gasteiger partial charge in [-0.3, -0.25) is 4.79 Å². The zero-order valence-electron chi connectivity index (χ0n) is 17.5. The van der Waals surface area contributed by atoms with E-state index in [0.717, 1.165) is 31.0 Å². The van der Waals surface area contributed by atoms with Gasteiger partial charge in [0, 0.05) is 30.4 Å². The molecule has 1 amide bonds. The number of guanidine groups is 1. The van der Waals surface area contributed by atoms with Gasteiger partial charge in [0.2, 0.25) is 0 Å². The molecule has 1 aromatic carbocycles. The zero-order chi connectivity index (χ0) is 20.4. The summed E-state index contributed by atoms with van der Waals surface area (Å²) in [5.41, 5.74) is 1.02. The van der Waals surface area contributed by atoms with E-state index in [-0.39, 0.29) is 36.5 Å². The highest BCUT2D eigenvalue weighted by molar-refractivity contribution is 14.0. The van der Waals surface area contributed by atoms with E-state index in [1.165, 1.54) is 14.7 Å². The highest BCUT2D eigenvalue weighted by Gasteiger charge is 2.06. The number of carbonyl (C=O) groups is 1. The van der Waals surface area contributed by atoms with Gasteiger partial charge in [0.15, 0.2) is 12.6 Å². The summed E-state index contributed by atoms with van der Waals surface area (Å²) in [7, 11) is 3.43. The fraction of sp³-hybridized carbons (Fsp3) is 0.429. The third-order valence-electron chi connectivity index (χ3n) is 4.02. The molecule has 0 saturated carbocycles. The Hall–Kier alpha value is -1.81. The first kappa shape index (κ1) is 25.2. The number of halogens is 1. The molecule has 0 radical (unpaired) electrons. The van der Waals surface area contributed by atoms with Crippen molar-refractivity contribution < 1.29 is 9.53 Å². The standard InChI is InChI=1S/C21H30N4O2S.HI/c1-5-18-10-11-19(28-18)14-24-21(22-6-2)23-13-16-8-7-9-17(12-16)27-15-20(26)25(3)4;/h7-12H,5-6,13-15H2,1-4H3,(H2,22,23,24);1H. The number of hydrogen-bond acceptors (Lipinski definition) is 4. The topological polar surface area (TPSA) is 66.0 Å². The minimum Gasteiger partial charge on any atom is -0.484 e. The highest BCUT2D eigenvalue weighted by Crippen LogP contribution is 2.17. The number of carbonyl (C=O) groups excluding carboxylic acids is 1. The molecule has 0 bridgehead atoms. The van der Waals surface area contributed by atoms with Gasteiger partial charge in [-0.1, -0.05) is 19.1 Å². The molecule has 0 saturated heterocycles. The largest absolute Gasteiger partial charge is 0.484 e. The van der Waals surface area contributed by atoms with Gasteiger partial charge >= 0.3 is 0 Å². The molecule has 0 atom stereocenters. The summed E-state index contributed by atoms with van der Waals surface area (Å²) >= 11 is 1.83. The highest BCUT2D eigenvalue weighted by atomic mass is 127. The molecule has 0 fully saturated rings. The lowest BCUT2D eigenvalue weighted by atomic mass is 10.2. The molecule has 6 nitrogen and oxygen atoms in total. The molecule has 2 N–H and O–H groups in total. The van der Waals surface area contributed by atoms with Gasteiger partial charge in [0.05, 0.1) is 13.1 Å². The van der Waals surface area contributed by atoms with Gasteiger partial charge in [0.25, 0.3) is 5.91 Å². The molecule has 2 rings (SSSR count). The maximum atomic E-state index is 11.7. The van der Waals surface area contributed by atoms with Crippen LogP contribution in [0, 0.1) is 0 Å². The molecule has 1 aromatic heterocycles. The van der Waals surface area contributed by atoms with Crippen molar-refractivity contribution in [2.24, 2.45) is 4.99 Å². The molecular weight excluding hydrogens is 499 g/mol. The van der Waals surface area contributed by atoms with E-state index in [9.17, 15) is 4.79 Å². The number of rotatable bonds is 9. The number of ether oxygens (including phenoxy) is 1. The number of hydrogen-bond donors (Lipinski definition) is 2. The van der Waals surface area contributed by atoms with Gasteiger partial charge in [-0.05, 0) is 43.2 Å². The summed E-state index contributed by atoms with van der Waals surface area (Å²) in [4.78, 5) is 20.5. The van der Waals surface area contributed by atoms with Crippen molar-refractivity contribution in [1.82, 2.24) is 15.5 Å². The average molecular weight is 530 g/mol. The average Bonchev–Trinajstić information content (AvgIpc) is 3.16. The van der Waals surface area contributed by atoms with E-state index in [2.05, 4.69) is 34.7 Å². The Morgan fingerprint density at radius 2 is 1.90 bits per heavy atom. The summed E-state index contributed by atoms with van der Waals surface area (Å²) in [5.74, 6) is 1.39. The van der Waals surface area contributed by atoms with Crippen LogP contribution >= 0.6 is 35.3 Å². The van der Waals surface area contributed by atoms with E-state index in [0.29, 0.717) is 12.3 Å². The summed E-state index contributed by atoms with van der Waals surface area (Å²) in [6, 6.07) is 12.0. The summed E-state index contributed by atoms with van der Waals surface area (Å²) < 4.78 is 5.57. The van der Waals surface area contributed by atoms with Crippen molar-refractivity contribution in [3.63, 3.8) is 0 Å². The van der Waals surface area contributed by atoms with Gasteiger partial charge in [0.1, 0.15) is 5.75 Å². The van der Waals surface area contributed by atoms with E-state index in [4.69, 9.17) is 4.74 Å². The second kappa shape index (κ2) is 13.4. The molecule has 0 aliphatic rings. The van der Waals surface area contributed by atoms with E-state index < -0.39 is 0 Å². The van der Waals surface area contributed by atoms with Gasteiger partial charge in [-0.2, -0.15) is 0 Å². The van der Waals surface area contributed by atoms with Gasteiger partial charge < -0.3 is 20.3 Å². The SMILES string of the molecule is CCNC(=NCc1cccc(OCC(=O)N(C)C)c1)NCc1ccc(CC)s1.I. The van der Waals surface area contributed by atoms with Crippen LogP contribution in [0.15, 0.2) is 41.4 Å². The number of aryl methyl sites for hydroxylation is 1. The Morgan fingerprint density at radius 1 is 1.14 bits per heavy atom. The lowest BCUT2D eigenvalue weighted by Gasteiger charge is -2.12. The van der Waals surface area contributed by atoms with Crippen molar-refractivity contribution in [3.8, 4) is 5.75 Å². The van der Waals surface area contributed by atoms with Crippen LogP contribution in [-0.2, 0) is 24.3 Å². The Balaban J connectivity index is 0.00000420. The predicted octanol–water partition coefficient (Wildman–Crippen LogP) is 3.65. The van der Waals surface area contributed by atoms with Crippen LogP contribution in [0.1, 0.15) is 29.2 Å². The Bertz CT molecular complexity index is 792. The number of amides is 1. The van der Waals surface area contributed by atoms with Crippen LogP contribution in [0.5, 0.6) is 5.75 Å². The predicted molar refractivity (Wildman–Crippen MR) is 131 cm³/mol. The molecule has 0 spiro atoms. The number of benzene rings is 1. The zero-order valence-corrected chi connectivity index (χ0v) is 20.7. The lowest BCUT2D eigenvalue weighted by molar-refractivity contribution is -0.130. The maximum absolute atomic E-state index is 11.7. The molecular formula is C21H31IN4O2S. The van der Waals surface area contributed by atoms with Crippen LogP contribution in [-0.4, -0.2) is 44.0 Å². The molecule has 1 heterocycles. The number of likely N-dealkylation sites (N-methyl/N-ethyl adjacent to an activating group) is 1. The summed E-state index contributed by atoms with van der Waals surface area (Å²) in [6.45, 7) is 6.33. The minimum absolute atomic E-state index is 0. The Labute approximate surface area is 194 Å². The number of thiophene rings is 1. The van der Waals surface area contributed by atoms with Gasteiger partial charge in [-0.25, -0.2) is 4.99 Å². The number of aliphatic imine (C=N–C) groups is 1. The van der Waals surface area contributed by atoms with Crippen molar-refractivity contribution in [2.45, 2.75) is 33.4 Å². The third kappa shape index (κ3) is 9.03. The van der Waals surface area contributed by atoms with Crippen molar-refractivity contribution in [2.75, 3.05) is 27.2 Å². The third-order valence-corrected chi connectivity index (χ3v) is 5.25. The van der Waals surface area contributed by atoms with Crippen LogP contribution < -0.4 is 15.4 Å². The minimum atomic E-state index is -0.0677. The van der Waals surface area contributed by atoms with Crippen molar-refractivity contribution >= 4 is 47.2 Å². The fourth-order valence-electron chi connectivity index (χ4n) is 2.40. The first-order valence-electron chi connectivity index (χ1n) is 9.53. The second-order valence-corrected chi connectivity index (χ2v) is 7.75. The van der Waals surface area contributed by atoms with Crippen molar-refractivity contribution in [1.29, 1.82) is 0 Å². The summed E-state index contributed by atoms with van der Waals surface area (Å²) in [6.07, 6.45) is 1.07. The normalized spacial score (nSPS) is 10.8. The molecule has 2 aromatic rings. The molecule has 0 aliphatic heterocycles. The maximum Gasteiger partial charge on any atom is 0.259 e. The second-order valence-electron chi connectivity index (χ2n) is 6.49. The first-order chi connectivity index (χ1) is 13.5. The van der Waals surface area contributed by atoms with E-state index >= 15 is 0 Å². The lowest BCUT2D eigenvalue weighted by Crippen LogP contribution is -2.36. The van der Waals surface area contributed by atoms with E-state index in [1.807, 2.05) is 42.5 Å². The molecule has 29 heavy (non-hydrogen) atoms. The smallest absolute Gasteiger partial charge is 0.259 e. The molecule has 0 aliphatic carbocycles. The molecule has 160 valence electrons. The Kier molecular flexibility index (Phi) is 11.7. The van der Waals surface area contributed by atoms with Gasteiger partial charge in [-0.15, -0.1) is 35.3 Å². The van der Waals surface area contributed by atoms with Crippen LogP contribution in [0.2, 0.25) is 0 Å². The fourth-order valence-corrected chi connectivity index (χ4v) is 3.30. The van der Waals surface area contributed by atoms with Crippen LogP contribution in [0.3, 0.4) is 0 Å². The quantitative estimate of drug-likeness (QED) is 0.295. The van der Waals surface area contributed by atoms with Crippen LogP contribution in [0.4, 0.5) is 0 Å². The monoisotopic (exact) mass is 530 g/mol. The first-order valence-corrected chi connectivity index (χ1v) is 10.3. The Morgan fingerprint density at radius 3 is 2.55 bits per heavy atom. The van der Waals surface area contributed by atoms with E-state index in [1.54, 1.807) is 14.1 Å². The number of nitrogens with zero attached hydrogens (tertiary/aromatic N) is 2. The van der Waals surface area contributed by atoms with Crippen molar-refractivity contribution in [3.05, 3.63) is 51.7 Å².